The molecule has 1 amide bonds. The number of amides is 1. The van der Waals surface area contributed by atoms with E-state index in [-0.39, 0.29) is 29.8 Å². The van der Waals surface area contributed by atoms with Crippen LogP contribution in [0.2, 0.25) is 0 Å². The van der Waals surface area contributed by atoms with Gasteiger partial charge >= 0.3 is 12.1 Å². The summed E-state index contributed by atoms with van der Waals surface area (Å²) < 4.78 is 65.7. The smallest absolute Gasteiger partial charge is 0.426 e. The molecule has 1 saturated heterocycles. The maximum Gasteiger partial charge on any atom is 0.426 e. The molecule has 2 aromatic carbocycles. The monoisotopic (exact) mass is 612 g/mol. The molecule has 3 unspecified atom stereocenters. The van der Waals surface area contributed by atoms with Gasteiger partial charge in [0.1, 0.15) is 6.26 Å². The van der Waals surface area contributed by atoms with Crippen molar-refractivity contribution in [2.75, 3.05) is 13.7 Å². The topological polar surface area (TPSA) is 72.6 Å². The van der Waals surface area contributed by atoms with Crippen molar-refractivity contribution in [2.45, 2.75) is 81.6 Å². The second-order valence-corrected chi connectivity index (χ2v) is 12.7. The standard InChI is InChI=1S/C34H36F4N2O4/c1-32(35,34(36,37)38)27-12-13-28-25(17-27)11-14-29-33(28,18-21-3-5-22(6-4-21)26-19-39-44-20-26)15-16-40(29)30(41)23-7-9-24(10-8-23)31(42)43-2/h3-6,12-13,17,19-20,23-24,29H,7-11,14-16,18H2,1-2H3. The van der Waals surface area contributed by atoms with Gasteiger partial charge in [0.2, 0.25) is 11.6 Å². The number of ether oxygens (including phenoxy) is 1. The lowest BCUT2D eigenvalue weighted by molar-refractivity contribution is -0.228. The van der Waals surface area contributed by atoms with E-state index >= 15 is 4.39 Å². The van der Waals surface area contributed by atoms with Crippen LogP contribution in [0.4, 0.5) is 17.6 Å². The molecule has 0 spiro atoms. The van der Waals surface area contributed by atoms with E-state index in [1.807, 2.05) is 29.2 Å². The van der Waals surface area contributed by atoms with E-state index in [0.29, 0.717) is 70.4 Å². The lowest BCUT2D eigenvalue weighted by Gasteiger charge is -2.45. The molecule has 2 aliphatic carbocycles. The average molecular weight is 613 g/mol. The van der Waals surface area contributed by atoms with Gasteiger partial charge in [-0.1, -0.05) is 47.6 Å². The second-order valence-electron chi connectivity index (χ2n) is 12.7. The third-order valence-electron chi connectivity index (χ3n) is 10.3. The van der Waals surface area contributed by atoms with Crippen LogP contribution in [0.15, 0.2) is 59.4 Å². The van der Waals surface area contributed by atoms with Gasteiger partial charge < -0.3 is 14.2 Å². The van der Waals surface area contributed by atoms with Crippen molar-refractivity contribution in [3.05, 3.63) is 77.2 Å². The number of fused-ring (bicyclic) bond motifs is 3. The first-order valence-electron chi connectivity index (χ1n) is 15.2. The van der Waals surface area contributed by atoms with Crippen LogP contribution < -0.4 is 0 Å². The molecule has 0 bridgehead atoms. The van der Waals surface area contributed by atoms with Gasteiger partial charge in [-0.2, -0.15) is 13.2 Å². The van der Waals surface area contributed by atoms with Crippen molar-refractivity contribution < 1.29 is 36.4 Å². The molecule has 3 atom stereocenters. The molecular weight excluding hydrogens is 576 g/mol. The number of methoxy groups -OCH3 is 1. The molecule has 0 radical (unpaired) electrons. The lowest BCUT2D eigenvalue weighted by atomic mass is 9.63. The molecule has 6 rings (SSSR count). The van der Waals surface area contributed by atoms with E-state index in [4.69, 9.17) is 9.26 Å². The SMILES string of the molecule is COC(=O)C1CCC(C(=O)N2CCC3(Cc4ccc(-c5cnoc5)cc4)c4ccc(C(C)(F)C(F)(F)F)cc4CCC23)CC1. The van der Waals surface area contributed by atoms with Crippen molar-refractivity contribution in [3.63, 3.8) is 0 Å². The first-order chi connectivity index (χ1) is 20.9. The van der Waals surface area contributed by atoms with Gasteiger partial charge in [0.25, 0.3) is 0 Å². The summed E-state index contributed by atoms with van der Waals surface area (Å²) in [5.41, 5.74) is 0.0251. The van der Waals surface area contributed by atoms with Crippen LogP contribution in [0, 0.1) is 11.8 Å². The number of esters is 1. The van der Waals surface area contributed by atoms with E-state index in [1.54, 1.807) is 18.5 Å². The van der Waals surface area contributed by atoms with E-state index in [2.05, 4.69) is 5.16 Å². The molecule has 2 fully saturated rings. The zero-order valence-corrected chi connectivity index (χ0v) is 24.8. The molecule has 234 valence electrons. The summed E-state index contributed by atoms with van der Waals surface area (Å²) >= 11 is 0. The predicted molar refractivity (Wildman–Crippen MR) is 154 cm³/mol. The lowest BCUT2D eigenvalue weighted by Crippen LogP contribution is -2.51. The van der Waals surface area contributed by atoms with Gasteiger partial charge in [-0.05, 0) is 86.1 Å². The van der Waals surface area contributed by atoms with Crippen LogP contribution in [0.25, 0.3) is 11.1 Å². The number of likely N-dealkylation sites (tertiary alicyclic amines) is 1. The zero-order valence-electron chi connectivity index (χ0n) is 24.8. The highest BCUT2D eigenvalue weighted by Gasteiger charge is 2.56. The molecule has 1 aromatic heterocycles. The fourth-order valence-corrected chi connectivity index (χ4v) is 7.79. The molecule has 1 saturated carbocycles. The maximum atomic E-state index is 15.0. The number of aromatic nitrogens is 1. The summed E-state index contributed by atoms with van der Waals surface area (Å²) in [7, 11) is 1.38. The fraction of sp³-hybridized carbons (Fsp3) is 0.500. The minimum Gasteiger partial charge on any atom is -0.469 e. The molecule has 6 nitrogen and oxygen atoms in total. The van der Waals surface area contributed by atoms with Gasteiger partial charge in [-0.3, -0.25) is 9.59 Å². The van der Waals surface area contributed by atoms with Gasteiger partial charge in [0.15, 0.2) is 0 Å². The number of hydrogen-bond donors (Lipinski definition) is 0. The second kappa shape index (κ2) is 11.3. The van der Waals surface area contributed by atoms with Crippen molar-refractivity contribution in [3.8, 4) is 11.1 Å². The Balaban J connectivity index is 1.32. The largest absolute Gasteiger partial charge is 0.469 e. The summed E-state index contributed by atoms with van der Waals surface area (Å²) in [5.74, 6) is -0.519. The van der Waals surface area contributed by atoms with Crippen LogP contribution >= 0.6 is 0 Å². The van der Waals surface area contributed by atoms with Crippen LogP contribution in [0.5, 0.6) is 0 Å². The summed E-state index contributed by atoms with van der Waals surface area (Å²) in [6.07, 6.45) is 2.88. The maximum absolute atomic E-state index is 15.0. The van der Waals surface area contributed by atoms with E-state index in [9.17, 15) is 22.8 Å². The Kier molecular flexibility index (Phi) is 7.82. The molecule has 1 aliphatic heterocycles. The molecule has 10 heteroatoms. The molecule has 2 heterocycles. The number of hydrogen-bond acceptors (Lipinski definition) is 5. The first-order valence-corrected chi connectivity index (χ1v) is 15.2. The van der Waals surface area contributed by atoms with Crippen LogP contribution in [-0.2, 0) is 38.3 Å². The molecule has 3 aromatic rings. The van der Waals surface area contributed by atoms with Crippen molar-refractivity contribution in [1.29, 1.82) is 0 Å². The third-order valence-corrected chi connectivity index (χ3v) is 10.3. The van der Waals surface area contributed by atoms with Crippen molar-refractivity contribution >= 4 is 11.9 Å². The Bertz CT molecular complexity index is 1510. The highest BCUT2D eigenvalue weighted by Crippen LogP contribution is 2.51. The van der Waals surface area contributed by atoms with Crippen LogP contribution in [0.3, 0.4) is 0 Å². The van der Waals surface area contributed by atoms with Crippen LogP contribution in [-0.4, -0.2) is 47.8 Å². The molecule has 44 heavy (non-hydrogen) atoms. The zero-order chi connectivity index (χ0) is 31.3. The number of aryl methyl sites for hydroxylation is 1. The number of alkyl halides is 4. The number of nitrogens with zero attached hydrogens (tertiary/aromatic N) is 2. The Morgan fingerprint density at radius 1 is 1.00 bits per heavy atom. The Morgan fingerprint density at radius 3 is 2.34 bits per heavy atom. The van der Waals surface area contributed by atoms with E-state index in [1.165, 1.54) is 19.2 Å². The minimum absolute atomic E-state index is 0.0801. The Hall–Kier alpha value is -3.69. The first kappa shape index (κ1) is 30.3. The highest BCUT2D eigenvalue weighted by molar-refractivity contribution is 5.81. The normalized spacial score (nSPS) is 26.4. The quantitative estimate of drug-likeness (QED) is 0.220. The van der Waals surface area contributed by atoms with Crippen molar-refractivity contribution in [2.24, 2.45) is 11.8 Å². The van der Waals surface area contributed by atoms with E-state index in [0.717, 1.165) is 22.3 Å². The van der Waals surface area contributed by atoms with Crippen molar-refractivity contribution in [1.82, 2.24) is 10.1 Å². The fourth-order valence-electron chi connectivity index (χ4n) is 7.79. The number of carbonyl (C=O) groups is 2. The van der Waals surface area contributed by atoms with Gasteiger partial charge in [-0.15, -0.1) is 0 Å². The Morgan fingerprint density at radius 2 is 1.70 bits per heavy atom. The van der Waals surface area contributed by atoms with Gasteiger partial charge in [0.05, 0.1) is 19.2 Å². The molecule has 3 aliphatic rings. The van der Waals surface area contributed by atoms with Gasteiger partial charge in [-0.25, -0.2) is 4.39 Å². The Labute approximate surface area is 253 Å². The summed E-state index contributed by atoms with van der Waals surface area (Å²) in [6.45, 7) is 1.10. The summed E-state index contributed by atoms with van der Waals surface area (Å²) in [6, 6.07) is 12.2. The average Bonchev–Trinajstić information content (AvgIpc) is 3.69. The van der Waals surface area contributed by atoms with Gasteiger partial charge in [0, 0.05) is 29.5 Å². The molecular formula is C34H36F4N2O4. The summed E-state index contributed by atoms with van der Waals surface area (Å²) in [4.78, 5) is 28.0. The summed E-state index contributed by atoms with van der Waals surface area (Å²) in [5, 5.41) is 3.77. The number of rotatable bonds is 6. The number of carbonyl (C=O) groups excluding carboxylic acids is 2. The molecule has 0 N–H and O–H groups in total. The number of benzene rings is 2. The third kappa shape index (κ3) is 5.20. The van der Waals surface area contributed by atoms with E-state index < -0.39 is 22.8 Å². The minimum atomic E-state index is -5.04. The predicted octanol–water partition coefficient (Wildman–Crippen LogP) is 7.10. The van der Waals surface area contributed by atoms with Crippen LogP contribution in [0.1, 0.15) is 67.7 Å². The number of halogens is 4. The highest BCUT2D eigenvalue weighted by atomic mass is 19.4.